The van der Waals surface area contributed by atoms with Crippen molar-refractivity contribution in [1.29, 1.82) is 0 Å². The van der Waals surface area contributed by atoms with Gasteiger partial charge in [0.15, 0.2) is 0 Å². The van der Waals surface area contributed by atoms with Crippen molar-refractivity contribution in [3.63, 3.8) is 0 Å². The summed E-state index contributed by atoms with van der Waals surface area (Å²) < 4.78 is 35.3. The molecule has 0 unspecified atom stereocenters. The summed E-state index contributed by atoms with van der Waals surface area (Å²) in [5, 5.41) is 0. The lowest BCUT2D eigenvalue weighted by Crippen LogP contribution is -2.39. The van der Waals surface area contributed by atoms with Gasteiger partial charge in [0.2, 0.25) is 5.91 Å². The van der Waals surface area contributed by atoms with Crippen LogP contribution >= 0.6 is 23.5 Å². The molecule has 0 bridgehead atoms. The largest absolute Gasteiger partial charge is 0.442 e. The molecule has 0 aliphatic carbocycles. The molecule has 1 aliphatic rings. The van der Waals surface area contributed by atoms with Crippen molar-refractivity contribution in [2.75, 3.05) is 30.3 Å². The Kier molecular flexibility index (Phi) is 4.43. The summed E-state index contributed by atoms with van der Waals surface area (Å²) in [5.41, 5.74) is -4.31. The second-order valence-corrected chi connectivity index (χ2v) is 4.99. The Bertz CT molecular complexity index is 204. The minimum Gasteiger partial charge on any atom is -0.340 e. The number of nitrogens with zero attached hydrogens (tertiary/aromatic N) is 1. The van der Waals surface area contributed by atoms with Crippen molar-refractivity contribution in [3.8, 4) is 0 Å². The number of amides is 1. The number of halogens is 3. The number of thioether (sulfide) groups is 2. The molecule has 14 heavy (non-hydrogen) atoms. The first-order valence-electron chi connectivity index (χ1n) is 4.05. The fourth-order valence-corrected chi connectivity index (χ4v) is 2.42. The number of carbonyl (C=O) groups is 1. The molecule has 0 atom stereocenters. The van der Waals surface area contributed by atoms with Crippen LogP contribution < -0.4 is 0 Å². The van der Waals surface area contributed by atoms with Gasteiger partial charge in [-0.05, 0) is 11.8 Å². The maximum Gasteiger partial charge on any atom is 0.442 e. The smallest absolute Gasteiger partial charge is 0.340 e. The highest BCUT2D eigenvalue weighted by Crippen LogP contribution is 2.30. The van der Waals surface area contributed by atoms with Gasteiger partial charge >= 0.3 is 5.51 Å². The molecule has 2 nitrogen and oxygen atoms in total. The summed E-state index contributed by atoms with van der Waals surface area (Å²) in [7, 11) is 0. The van der Waals surface area contributed by atoms with Crippen LogP contribution in [-0.2, 0) is 4.79 Å². The Hall–Kier alpha value is -0.0400. The molecule has 1 rings (SSSR count). The van der Waals surface area contributed by atoms with Gasteiger partial charge in [-0.3, -0.25) is 4.79 Å². The maximum absolute atomic E-state index is 11.8. The van der Waals surface area contributed by atoms with Gasteiger partial charge in [-0.15, -0.1) is 0 Å². The molecule has 1 heterocycles. The van der Waals surface area contributed by atoms with Crippen LogP contribution in [0.5, 0.6) is 0 Å². The second kappa shape index (κ2) is 5.16. The Morgan fingerprint density at radius 2 is 1.93 bits per heavy atom. The van der Waals surface area contributed by atoms with Crippen molar-refractivity contribution in [3.05, 3.63) is 0 Å². The van der Waals surface area contributed by atoms with Gasteiger partial charge in [-0.1, -0.05) is 0 Å². The molecule has 0 aromatic heterocycles. The van der Waals surface area contributed by atoms with Gasteiger partial charge in [0, 0.05) is 24.6 Å². The van der Waals surface area contributed by atoms with E-state index in [0.717, 1.165) is 11.5 Å². The van der Waals surface area contributed by atoms with Crippen LogP contribution in [0.3, 0.4) is 0 Å². The molecule has 1 saturated heterocycles. The van der Waals surface area contributed by atoms with Gasteiger partial charge in [-0.25, -0.2) is 0 Å². The Balaban J connectivity index is 2.27. The zero-order valence-corrected chi connectivity index (χ0v) is 8.97. The fourth-order valence-electron chi connectivity index (χ4n) is 1.05. The van der Waals surface area contributed by atoms with E-state index in [-0.39, 0.29) is 11.8 Å². The van der Waals surface area contributed by atoms with Crippen LogP contribution in [0.4, 0.5) is 13.2 Å². The van der Waals surface area contributed by atoms with Crippen LogP contribution in [-0.4, -0.2) is 46.7 Å². The highest BCUT2D eigenvalue weighted by molar-refractivity contribution is 8.00. The predicted molar refractivity (Wildman–Crippen MR) is 52.4 cm³/mol. The van der Waals surface area contributed by atoms with Gasteiger partial charge in [0.05, 0.1) is 5.75 Å². The van der Waals surface area contributed by atoms with Crippen molar-refractivity contribution in [2.24, 2.45) is 0 Å². The summed E-state index contributed by atoms with van der Waals surface area (Å²) >= 11 is 1.45. The topological polar surface area (TPSA) is 20.3 Å². The van der Waals surface area contributed by atoms with Crippen LogP contribution in [0.25, 0.3) is 0 Å². The normalized spacial score (nSPS) is 18.4. The Morgan fingerprint density at radius 3 is 2.43 bits per heavy atom. The van der Waals surface area contributed by atoms with E-state index >= 15 is 0 Å². The van der Waals surface area contributed by atoms with E-state index in [1.165, 1.54) is 4.90 Å². The highest BCUT2D eigenvalue weighted by Gasteiger charge is 2.30. The van der Waals surface area contributed by atoms with E-state index < -0.39 is 17.2 Å². The lowest BCUT2D eigenvalue weighted by molar-refractivity contribution is -0.128. The quantitative estimate of drug-likeness (QED) is 0.740. The van der Waals surface area contributed by atoms with E-state index in [1.54, 1.807) is 11.8 Å². The third-order valence-corrected chi connectivity index (χ3v) is 3.38. The molecule has 0 saturated carbocycles. The Morgan fingerprint density at radius 1 is 1.36 bits per heavy atom. The molecule has 82 valence electrons. The van der Waals surface area contributed by atoms with Gasteiger partial charge < -0.3 is 4.90 Å². The second-order valence-electron chi connectivity index (χ2n) is 2.73. The third kappa shape index (κ3) is 4.45. The van der Waals surface area contributed by atoms with Gasteiger partial charge in [-0.2, -0.15) is 24.9 Å². The summed E-state index contributed by atoms with van der Waals surface area (Å²) in [4.78, 5) is 12.7. The minimum absolute atomic E-state index is 0.263. The molecule has 1 fully saturated rings. The van der Waals surface area contributed by atoms with Crippen molar-refractivity contribution in [1.82, 2.24) is 4.90 Å². The zero-order chi connectivity index (χ0) is 10.6. The monoisotopic (exact) mass is 245 g/mol. The summed E-state index contributed by atoms with van der Waals surface area (Å²) in [6.45, 7) is 1.14. The highest BCUT2D eigenvalue weighted by atomic mass is 32.2. The third-order valence-electron chi connectivity index (χ3n) is 1.72. The van der Waals surface area contributed by atoms with Crippen molar-refractivity contribution < 1.29 is 18.0 Å². The van der Waals surface area contributed by atoms with Crippen molar-refractivity contribution >= 4 is 29.4 Å². The van der Waals surface area contributed by atoms with Gasteiger partial charge in [0.1, 0.15) is 0 Å². The predicted octanol–water partition coefficient (Wildman–Crippen LogP) is 1.81. The first-order chi connectivity index (χ1) is 6.49. The molecule has 0 aromatic rings. The first-order valence-corrected chi connectivity index (χ1v) is 6.19. The maximum atomic E-state index is 11.8. The molecule has 0 radical (unpaired) electrons. The molecule has 0 spiro atoms. The molecular weight excluding hydrogens is 235 g/mol. The average Bonchev–Trinajstić information content (AvgIpc) is 2.14. The Labute approximate surface area is 88.6 Å². The number of alkyl halides is 3. The van der Waals surface area contributed by atoms with Crippen LogP contribution in [0.1, 0.15) is 0 Å². The van der Waals surface area contributed by atoms with E-state index in [4.69, 9.17) is 0 Å². The zero-order valence-electron chi connectivity index (χ0n) is 7.34. The lowest BCUT2D eigenvalue weighted by atomic mass is 10.5. The minimum atomic E-state index is -4.31. The van der Waals surface area contributed by atoms with Crippen molar-refractivity contribution in [2.45, 2.75) is 5.51 Å². The molecule has 0 aromatic carbocycles. The van der Waals surface area contributed by atoms with E-state index in [9.17, 15) is 18.0 Å². The lowest BCUT2D eigenvalue weighted by Gasteiger charge is -2.26. The SMILES string of the molecule is O=C(CSC(F)(F)F)N1CCSCC1. The number of hydrogen-bond acceptors (Lipinski definition) is 3. The molecule has 7 heteroatoms. The van der Waals surface area contributed by atoms with E-state index in [1.807, 2.05) is 0 Å². The molecular formula is C7H10F3NOS2. The van der Waals surface area contributed by atoms with Crippen LogP contribution in [0, 0.1) is 0 Å². The van der Waals surface area contributed by atoms with E-state index in [2.05, 4.69) is 0 Å². The number of carbonyl (C=O) groups excluding carboxylic acids is 1. The first kappa shape index (κ1) is 12.0. The number of rotatable bonds is 2. The molecule has 1 aliphatic heterocycles. The van der Waals surface area contributed by atoms with Crippen LogP contribution in [0.15, 0.2) is 0 Å². The molecule has 1 amide bonds. The summed E-state index contributed by atoms with van der Waals surface area (Å²) in [6.07, 6.45) is 0. The molecule has 0 N–H and O–H groups in total. The summed E-state index contributed by atoms with van der Waals surface area (Å²) in [5.74, 6) is 0.742. The van der Waals surface area contributed by atoms with E-state index in [0.29, 0.717) is 13.1 Å². The summed E-state index contributed by atoms with van der Waals surface area (Å²) in [6, 6.07) is 0. The van der Waals surface area contributed by atoms with Gasteiger partial charge in [0.25, 0.3) is 0 Å². The average molecular weight is 245 g/mol. The van der Waals surface area contributed by atoms with Crippen LogP contribution in [0.2, 0.25) is 0 Å². The number of hydrogen-bond donors (Lipinski definition) is 0. The fraction of sp³-hybridized carbons (Fsp3) is 0.857. The standard InChI is InChI=1S/C7H10F3NOS2/c8-7(9,10)14-5-6(12)11-1-3-13-4-2-11/h1-5H2.